The zero-order chi connectivity index (χ0) is 10.5. The van der Waals surface area contributed by atoms with E-state index in [1.807, 2.05) is 0 Å². The van der Waals surface area contributed by atoms with Crippen LogP contribution in [0.4, 0.5) is 0 Å². The molecule has 0 radical (unpaired) electrons. The number of rotatable bonds is 0. The summed E-state index contributed by atoms with van der Waals surface area (Å²) < 4.78 is 0. The third kappa shape index (κ3) is 1.53. The Balaban J connectivity index is 2.93. The fourth-order valence-electron chi connectivity index (χ4n) is 3.48. The molecule has 0 aliphatic heterocycles. The summed E-state index contributed by atoms with van der Waals surface area (Å²) >= 11 is 0. The minimum Gasteiger partial charge on any atom is -0.0625 e. The van der Waals surface area contributed by atoms with Crippen LogP contribution in [0.1, 0.15) is 61.3 Å². The summed E-state index contributed by atoms with van der Waals surface area (Å²) in [4.78, 5) is 0. The Morgan fingerprint density at radius 3 is 1.23 bits per heavy atom. The highest BCUT2D eigenvalue weighted by Crippen LogP contribution is 2.65. The molecule has 1 aliphatic carbocycles. The average molecular weight is 182 g/mol. The van der Waals surface area contributed by atoms with E-state index in [4.69, 9.17) is 0 Å². The summed E-state index contributed by atoms with van der Waals surface area (Å²) in [5, 5.41) is 0. The Kier molecular flexibility index (Phi) is 2.34. The molecule has 0 unspecified atom stereocenters. The minimum absolute atomic E-state index is 0.456. The molecule has 78 valence electrons. The van der Waals surface area contributed by atoms with Gasteiger partial charge in [0.25, 0.3) is 0 Å². The van der Waals surface area contributed by atoms with Gasteiger partial charge in [-0.3, -0.25) is 0 Å². The second-order valence-electron chi connectivity index (χ2n) is 7.10. The highest BCUT2D eigenvalue weighted by molar-refractivity contribution is 5.05. The van der Waals surface area contributed by atoms with E-state index < -0.39 is 0 Å². The van der Waals surface area contributed by atoms with E-state index in [1.165, 1.54) is 12.8 Å². The SMILES string of the molecule is CC1CC(C(C)(C)C)(C(C)(C)C)C1. The van der Waals surface area contributed by atoms with Crippen molar-refractivity contribution in [2.75, 3.05) is 0 Å². The van der Waals surface area contributed by atoms with Crippen LogP contribution in [-0.2, 0) is 0 Å². The van der Waals surface area contributed by atoms with Gasteiger partial charge in [-0.1, -0.05) is 48.5 Å². The maximum atomic E-state index is 2.41. The van der Waals surface area contributed by atoms with Crippen LogP contribution in [0.5, 0.6) is 0 Å². The van der Waals surface area contributed by atoms with Gasteiger partial charge in [0.2, 0.25) is 0 Å². The van der Waals surface area contributed by atoms with Gasteiger partial charge >= 0.3 is 0 Å². The van der Waals surface area contributed by atoms with Gasteiger partial charge in [0.15, 0.2) is 0 Å². The van der Waals surface area contributed by atoms with Crippen LogP contribution < -0.4 is 0 Å². The Bertz CT molecular complexity index is 165. The molecule has 0 amide bonds. The topological polar surface area (TPSA) is 0 Å². The molecule has 1 fully saturated rings. The van der Waals surface area contributed by atoms with Crippen LogP contribution in [-0.4, -0.2) is 0 Å². The third-order valence-electron chi connectivity index (χ3n) is 4.27. The summed E-state index contributed by atoms with van der Waals surface area (Å²) in [5.74, 6) is 0.943. The van der Waals surface area contributed by atoms with Crippen molar-refractivity contribution in [1.82, 2.24) is 0 Å². The molecule has 0 aromatic rings. The highest BCUT2D eigenvalue weighted by atomic mass is 14.6. The lowest BCUT2D eigenvalue weighted by Crippen LogP contribution is -2.54. The van der Waals surface area contributed by atoms with Crippen molar-refractivity contribution in [2.24, 2.45) is 22.2 Å². The van der Waals surface area contributed by atoms with Gasteiger partial charge in [-0.2, -0.15) is 0 Å². The Morgan fingerprint density at radius 2 is 1.15 bits per heavy atom. The molecule has 0 aromatic carbocycles. The summed E-state index contributed by atoms with van der Waals surface area (Å²) in [6.07, 6.45) is 2.83. The molecule has 0 atom stereocenters. The molecule has 1 rings (SSSR count). The first-order chi connectivity index (χ1) is 5.60. The average Bonchev–Trinajstić information content (AvgIpc) is 1.74. The highest BCUT2D eigenvalue weighted by Gasteiger charge is 2.56. The van der Waals surface area contributed by atoms with Crippen molar-refractivity contribution < 1.29 is 0 Å². The van der Waals surface area contributed by atoms with Crippen molar-refractivity contribution >= 4 is 0 Å². The summed E-state index contributed by atoms with van der Waals surface area (Å²) in [6.45, 7) is 16.8. The molecule has 0 spiro atoms. The summed E-state index contributed by atoms with van der Waals surface area (Å²) in [7, 11) is 0. The monoisotopic (exact) mass is 182 g/mol. The van der Waals surface area contributed by atoms with E-state index in [0.29, 0.717) is 16.2 Å². The normalized spacial score (nSPS) is 24.2. The zero-order valence-electron chi connectivity index (χ0n) is 10.5. The standard InChI is InChI=1S/C13H26/c1-10-8-13(9-10,11(2,3)4)12(5,6)7/h10H,8-9H2,1-7H3. The van der Waals surface area contributed by atoms with Crippen LogP contribution in [0.3, 0.4) is 0 Å². The van der Waals surface area contributed by atoms with Gasteiger partial charge in [-0.15, -0.1) is 0 Å². The van der Waals surface area contributed by atoms with Crippen LogP contribution in [0.15, 0.2) is 0 Å². The van der Waals surface area contributed by atoms with E-state index in [-0.39, 0.29) is 0 Å². The van der Waals surface area contributed by atoms with Gasteiger partial charge in [0.05, 0.1) is 0 Å². The lowest BCUT2D eigenvalue weighted by Gasteiger charge is -2.62. The van der Waals surface area contributed by atoms with Crippen LogP contribution in [0, 0.1) is 22.2 Å². The van der Waals surface area contributed by atoms with E-state index in [1.54, 1.807) is 0 Å². The summed E-state index contributed by atoms with van der Waals surface area (Å²) in [5.41, 5.74) is 1.48. The summed E-state index contributed by atoms with van der Waals surface area (Å²) in [6, 6.07) is 0. The van der Waals surface area contributed by atoms with Crippen molar-refractivity contribution in [3.05, 3.63) is 0 Å². The van der Waals surface area contributed by atoms with E-state index in [0.717, 1.165) is 5.92 Å². The fraction of sp³-hybridized carbons (Fsp3) is 1.00. The minimum atomic E-state index is 0.456. The van der Waals surface area contributed by atoms with Crippen LogP contribution in [0.25, 0.3) is 0 Å². The number of hydrogen-bond donors (Lipinski definition) is 0. The fourth-order valence-corrected chi connectivity index (χ4v) is 3.48. The van der Waals surface area contributed by atoms with E-state index in [2.05, 4.69) is 48.5 Å². The molecule has 0 heterocycles. The van der Waals surface area contributed by atoms with Gasteiger partial charge in [0, 0.05) is 0 Å². The van der Waals surface area contributed by atoms with Crippen LogP contribution >= 0.6 is 0 Å². The second-order valence-corrected chi connectivity index (χ2v) is 7.10. The molecule has 0 nitrogen and oxygen atoms in total. The molecule has 0 N–H and O–H groups in total. The Morgan fingerprint density at radius 1 is 0.846 bits per heavy atom. The van der Waals surface area contributed by atoms with Crippen molar-refractivity contribution in [3.63, 3.8) is 0 Å². The maximum absolute atomic E-state index is 2.41. The third-order valence-corrected chi connectivity index (χ3v) is 4.27. The van der Waals surface area contributed by atoms with E-state index in [9.17, 15) is 0 Å². The molecule has 1 aliphatic rings. The lowest BCUT2D eigenvalue weighted by atomic mass is 9.42. The predicted octanol–water partition coefficient (Wildman–Crippen LogP) is 4.49. The maximum Gasteiger partial charge on any atom is -0.0195 e. The largest absolute Gasteiger partial charge is 0.0625 e. The smallest absolute Gasteiger partial charge is 0.0195 e. The van der Waals surface area contributed by atoms with Gasteiger partial charge in [0.1, 0.15) is 0 Å². The molecule has 13 heavy (non-hydrogen) atoms. The number of hydrogen-bond acceptors (Lipinski definition) is 0. The molecular weight excluding hydrogens is 156 g/mol. The van der Waals surface area contributed by atoms with Crippen molar-refractivity contribution in [1.29, 1.82) is 0 Å². The molecule has 1 saturated carbocycles. The Hall–Kier alpha value is 0. The first kappa shape index (κ1) is 11.1. The molecule has 0 bridgehead atoms. The first-order valence-corrected chi connectivity index (χ1v) is 5.60. The predicted molar refractivity (Wildman–Crippen MR) is 59.7 cm³/mol. The molecule has 0 heteroatoms. The van der Waals surface area contributed by atoms with Gasteiger partial charge < -0.3 is 0 Å². The zero-order valence-corrected chi connectivity index (χ0v) is 10.5. The quantitative estimate of drug-likeness (QED) is 0.517. The second kappa shape index (κ2) is 2.74. The molecule has 0 aromatic heterocycles. The van der Waals surface area contributed by atoms with E-state index >= 15 is 0 Å². The Labute approximate surface area is 84.1 Å². The van der Waals surface area contributed by atoms with Crippen molar-refractivity contribution in [3.8, 4) is 0 Å². The van der Waals surface area contributed by atoms with Gasteiger partial charge in [-0.05, 0) is 35.0 Å². The first-order valence-electron chi connectivity index (χ1n) is 5.60. The van der Waals surface area contributed by atoms with Crippen LogP contribution in [0.2, 0.25) is 0 Å². The lowest BCUT2D eigenvalue weighted by molar-refractivity contribution is -0.130. The van der Waals surface area contributed by atoms with Gasteiger partial charge in [-0.25, -0.2) is 0 Å². The molecule has 0 saturated heterocycles. The van der Waals surface area contributed by atoms with Crippen molar-refractivity contribution in [2.45, 2.75) is 61.3 Å². The molecular formula is C13H26.